The Kier molecular flexibility index (Phi) is 6.84. The normalized spacial score (nSPS) is 17.7. The van der Waals surface area contributed by atoms with Crippen molar-refractivity contribution >= 4 is 11.6 Å². The van der Waals surface area contributed by atoms with Gasteiger partial charge in [0, 0.05) is 11.3 Å². The lowest BCUT2D eigenvalue weighted by Crippen LogP contribution is -2.55. The zero-order valence-electron chi connectivity index (χ0n) is 19.0. The van der Waals surface area contributed by atoms with Gasteiger partial charge in [-0.1, -0.05) is 56.9 Å². The molecule has 32 heavy (non-hydrogen) atoms. The Morgan fingerprint density at radius 3 is 2.66 bits per heavy atom. The van der Waals surface area contributed by atoms with Crippen molar-refractivity contribution in [3.8, 4) is 5.75 Å². The topological polar surface area (TPSA) is 54.7 Å². The van der Waals surface area contributed by atoms with Crippen molar-refractivity contribution in [3.63, 3.8) is 0 Å². The minimum Gasteiger partial charge on any atom is -0.494 e. The molecule has 1 aliphatic rings. The fourth-order valence-corrected chi connectivity index (χ4v) is 4.26. The summed E-state index contributed by atoms with van der Waals surface area (Å²) in [5, 5.41) is 3.61. The SMILES string of the molecule is CCCCCCCOc1cccc(C2(C)Nc3ccccc3C(=O)N2Cc2ccco2)c1. The molecule has 4 rings (SSSR count). The smallest absolute Gasteiger partial charge is 0.258 e. The zero-order chi connectivity index (χ0) is 22.4. The average molecular weight is 433 g/mol. The first-order valence-corrected chi connectivity index (χ1v) is 11.6. The van der Waals surface area contributed by atoms with Crippen LogP contribution in [0.3, 0.4) is 0 Å². The molecule has 5 nitrogen and oxygen atoms in total. The molecule has 1 atom stereocenters. The Bertz CT molecular complexity index is 1030. The van der Waals surface area contributed by atoms with Gasteiger partial charge < -0.3 is 19.4 Å². The molecule has 1 aromatic heterocycles. The van der Waals surface area contributed by atoms with E-state index in [1.807, 2.05) is 72.5 Å². The molecule has 5 heteroatoms. The van der Waals surface area contributed by atoms with Crippen molar-refractivity contribution in [2.75, 3.05) is 11.9 Å². The number of carbonyl (C=O) groups excluding carboxylic acids is 1. The van der Waals surface area contributed by atoms with Crippen LogP contribution >= 0.6 is 0 Å². The van der Waals surface area contributed by atoms with E-state index >= 15 is 0 Å². The number of ether oxygens (including phenoxy) is 1. The third kappa shape index (κ3) is 4.67. The maximum absolute atomic E-state index is 13.5. The van der Waals surface area contributed by atoms with E-state index in [2.05, 4.69) is 12.2 Å². The molecule has 1 N–H and O–H groups in total. The van der Waals surface area contributed by atoms with Gasteiger partial charge in [-0.25, -0.2) is 0 Å². The van der Waals surface area contributed by atoms with Gasteiger partial charge in [-0.2, -0.15) is 0 Å². The standard InChI is InChI=1S/C27H32N2O3/c1-3-4-5-6-9-17-31-22-13-10-12-21(19-22)27(2)28-25-16-8-7-15-24(25)26(30)29(27)20-23-14-11-18-32-23/h7-8,10-16,18-19,28H,3-6,9,17,20H2,1-2H3. The Balaban J connectivity index is 1.58. The number of anilines is 1. The highest BCUT2D eigenvalue weighted by atomic mass is 16.5. The van der Waals surface area contributed by atoms with Gasteiger partial charge in [0.2, 0.25) is 0 Å². The molecule has 1 aliphatic heterocycles. The molecule has 0 saturated heterocycles. The second kappa shape index (κ2) is 9.94. The molecule has 0 saturated carbocycles. The maximum atomic E-state index is 13.5. The monoisotopic (exact) mass is 432 g/mol. The summed E-state index contributed by atoms with van der Waals surface area (Å²) < 4.78 is 11.6. The highest BCUT2D eigenvalue weighted by Crippen LogP contribution is 2.39. The number of unbranched alkanes of at least 4 members (excludes halogenated alkanes) is 4. The number of nitrogens with zero attached hydrogens (tertiary/aromatic N) is 1. The Morgan fingerprint density at radius 2 is 1.84 bits per heavy atom. The van der Waals surface area contributed by atoms with Gasteiger partial charge in [0.1, 0.15) is 17.2 Å². The van der Waals surface area contributed by atoms with Crippen LogP contribution in [-0.4, -0.2) is 17.4 Å². The molecule has 168 valence electrons. The number of carbonyl (C=O) groups is 1. The molecule has 2 aromatic carbocycles. The average Bonchev–Trinajstić information content (AvgIpc) is 3.33. The Hall–Kier alpha value is -3.21. The summed E-state index contributed by atoms with van der Waals surface area (Å²) >= 11 is 0. The van der Waals surface area contributed by atoms with E-state index in [0.29, 0.717) is 18.7 Å². The van der Waals surface area contributed by atoms with Gasteiger partial charge in [-0.3, -0.25) is 4.79 Å². The van der Waals surface area contributed by atoms with Crippen LogP contribution in [-0.2, 0) is 12.2 Å². The van der Waals surface area contributed by atoms with E-state index < -0.39 is 5.66 Å². The minimum atomic E-state index is -0.751. The van der Waals surface area contributed by atoms with E-state index in [0.717, 1.165) is 29.2 Å². The van der Waals surface area contributed by atoms with Crippen molar-refractivity contribution in [3.05, 3.63) is 83.8 Å². The molecule has 0 radical (unpaired) electrons. The van der Waals surface area contributed by atoms with Crippen LogP contribution in [0.25, 0.3) is 0 Å². The number of benzene rings is 2. The lowest BCUT2D eigenvalue weighted by molar-refractivity contribution is 0.0486. The molecule has 3 aromatic rings. The summed E-state index contributed by atoms with van der Waals surface area (Å²) in [5.41, 5.74) is 1.71. The van der Waals surface area contributed by atoms with Gasteiger partial charge in [0.15, 0.2) is 0 Å². The van der Waals surface area contributed by atoms with Crippen LogP contribution < -0.4 is 10.1 Å². The van der Waals surface area contributed by atoms with Crippen LogP contribution in [0.5, 0.6) is 5.75 Å². The van der Waals surface area contributed by atoms with Crippen LogP contribution in [0, 0.1) is 0 Å². The molecule has 2 heterocycles. The van der Waals surface area contributed by atoms with Gasteiger partial charge >= 0.3 is 0 Å². The Labute approximate surface area is 190 Å². The number of para-hydroxylation sites is 1. The van der Waals surface area contributed by atoms with Crippen molar-refractivity contribution in [1.29, 1.82) is 0 Å². The number of hydrogen-bond donors (Lipinski definition) is 1. The van der Waals surface area contributed by atoms with Crippen LogP contribution in [0.1, 0.15) is 67.6 Å². The van der Waals surface area contributed by atoms with E-state index in [1.165, 1.54) is 25.7 Å². The zero-order valence-corrected chi connectivity index (χ0v) is 19.0. The van der Waals surface area contributed by atoms with Gasteiger partial charge in [0.05, 0.1) is 25.0 Å². The first-order chi connectivity index (χ1) is 15.6. The summed E-state index contributed by atoms with van der Waals surface area (Å²) in [6.07, 6.45) is 7.65. The molecule has 1 unspecified atom stereocenters. The van der Waals surface area contributed by atoms with Crippen molar-refractivity contribution in [1.82, 2.24) is 4.90 Å². The largest absolute Gasteiger partial charge is 0.494 e. The van der Waals surface area contributed by atoms with Gasteiger partial charge in [-0.15, -0.1) is 0 Å². The third-order valence-corrected chi connectivity index (χ3v) is 6.13. The van der Waals surface area contributed by atoms with Gasteiger partial charge in [0.25, 0.3) is 5.91 Å². The second-order valence-electron chi connectivity index (χ2n) is 8.50. The summed E-state index contributed by atoms with van der Waals surface area (Å²) in [4.78, 5) is 15.4. The van der Waals surface area contributed by atoms with Crippen molar-refractivity contribution < 1.29 is 13.9 Å². The lowest BCUT2D eigenvalue weighted by atomic mass is 9.93. The second-order valence-corrected chi connectivity index (χ2v) is 8.50. The first-order valence-electron chi connectivity index (χ1n) is 11.6. The molecule has 0 fully saturated rings. The Morgan fingerprint density at radius 1 is 1.00 bits per heavy atom. The van der Waals surface area contributed by atoms with E-state index in [9.17, 15) is 4.79 Å². The number of furan rings is 1. The summed E-state index contributed by atoms with van der Waals surface area (Å²) in [6.45, 7) is 5.33. The highest BCUT2D eigenvalue weighted by molar-refractivity contribution is 6.02. The number of rotatable bonds is 10. The van der Waals surface area contributed by atoms with Gasteiger partial charge in [-0.05, 0) is 49.7 Å². The summed E-state index contributed by atoms with van der Waals surface area (Å²) in [7, 11) is 0. The number of fused-ring (bicyclic) bond motifs is 1. The summed E-state index contributed by atoms with van der Waals surface area (Å²) in [5.74, 6) is 1.54. The first kappa shape index (κ1) is 22.0. The molecule has 0 aliphatic carbocycles. The van der Waals surface area contributed by atoms with Crippen LogP contribution in [0.2, 0.25) is 0 Å². The molecular formula is C27H32N2O3. The van der Waals surface area contributed by atoms with Crippen LogP contribution in [0.4, 0.5) is 5.69 Å². The van der Waals surface area contributed by atoms with Crippen molar-refractivity contribution in [2.24, 2.45) is 0 Å². The number of hydrogen-bond acceptors (Lipinski definition) is 4. The molecule has 1 amide bonds. The van der Waals surface area contributed by atoms with Crippen LogP contribution in [0.15, 0.2) is 71.3 Å². The number of amides is 1. The molecule has 0 bridgehead atoms. The summed E-state index contributed by atoms with van der Waals surface area (Å²) in [6, 6.07) is 19.4. The minimum absolute atomic E-state index is 0.0273. The van der Waals surface area contributed by atoms with E-state index in [4.69, 9.17) is 9.15 Å². The fraction of sp³-hybridized carbons (Fsp3) is 0.370. The fourth-order valence-electron chi connectivity index (χ4n) is 4.26. The van der Waals surface area contributed by atoms with E-state index in [-0.39, 0.29) is 5.91 Å². The lowest BCUT2D eigenvalue weighted by Gasteiger charge is -2.46. The maximum Gasteiger partial charge on any atom is 0.258 e. The predicted molar refractivity (Wildman–Crippen MR) is 127 cm³/mol. The van der Waals surface area contributed by atoms with E-state index in [1.54, 1.807) is 6.26 Å². The molecule has 0 spiro atoms. The third-order valence-electron chi connectivity index (χ3n) is 6.13. The predicted octanol–water partition coefficient (Wildman–Crippen LogP) is 6.57. The number of nitrogens with one attached hydrogen (secondary N) is 1. The molecular weight excluding hydrogens is 400 g/mol. The van der Waals surface area contributed by atoms with Crippen molar-refractivity contribution in [2.45, 2.75) is 58.2 Å². The highest BCUT2D eigenvalue weighted by Gasteiger charge is 2.43. The quantitative estimate of drug-likeness (QED) is 0.368.